The van der Waals surface area contributed by atoms with E-state index < -0.39 is 28.5 Å². The number of aryl methyl sites for hydroxylation is 2. The summed E-state index contributed by atoms with van der Waals surface area (Å²) in [7, 11) is -4.14. The number of halogens is 1. The van der Waals surface area contributed by atoms with Gasteiger partial charge in [0.05, 0.1) is 10.6 Å². The Hall–Kier alpha value is -3.95. The molecule has 0 spiro atoms. The Bertz CT molecular complexity index is 1680. The Morgan fingerprint density at radius 1 is 0.822 bits per heavy atom. The van der Waals surface area contributed by atoms with E-state index in [2.05, 4.69) is 21.2 Å². The van der Waals surface area contributed by atoms with Crippen molar-refractivity contribution in [2.75, 3.05) is 10.8 Å². The van der Waals surface area contributed by atoms with E-state index in [4.69, 9.17) is 0 Å². The Morgan fingerprint density at radius 3 is 1.98 bits per heavy atom. The van der Waals surface area contributed by atoms with Gasteiger partial charge in [0.2, 0.25) is 11.8 Å². The number of sulfonamides is 1. The van der Waals surface area contributed by atoms with E-state index in [1.54, 1.807) is 30.3 Å². The zero-order chi connectivity index (χ0) is 32.6. The lowest BCUT2D eigenvalue weighted by molar-refractivity contribution is -0.140. The van der Waals surface area contributed by atoms with Crippen LogP contribution >= 0.6 is 15.9 Å². The zero-order valence-corrected chi connectivity index (χ0v) is 28.5. The molecule has 9 heteroatoms. The molecule has 0 radical (unpaired) electrons. The summed E-state index contributed by atoms with van der Waals surface area (Å²) in [6.07, 6.45) is 0.987. The highest BCUT2D eigenvalue weighted by Gasteiger charge is 2.35. The molecule has 2 atom stereocenters. The van der Waals surface area contributed by atoms with Crippen LogP contribution in [0.25, 0.3) is 0 Å². The van der Waals surface area contributed by atoms with Crippen LogP contribution in [-0.2, 0) is 32.6 Å². The van der Waals surface area contributed by atoms with Crippen LogP contribution in [0.4, 0.5) is 5.69 Å². The molecule has 0 saturated heterocycles. The average Bonchev–Trinajstić information content (AvgIpc) is 3.02. The van der Waals surface area contributed by atoms with Crippen LogP contribution in [0.1, 0.15) is 42.5 Å². The molecule has 7 nitrogen and oxygen atoms in total. The first-order valence-corrected chi connectivity index (χ1v) is 17.3. The molecule has 236 valence electrons. The lowest BCUT2D eigenvalue weighted by Crippen LogP contribution is -2.54. The van der Waals surface area contributed by atoms with Gasteiger partial charge in [0.15, 0.2) is 0 Å². The molecule has 0 unspecified atom stereocenters. The van der Waals surface area contributed by atoms with Crippen molar-refractivity contribution in [3.63, 3.8) is 0 Å². The number of rotatable bonds is 13. The Morgan fingerprint density at radius 2 is 1.40 bits per heavy atom. The molecule has 1 N–H and O–H groups in total. The SMILES string of the molecule is CC[C@H](C)NC(=O)[C@@H](Cc1ccccc1)N(Cc1ccc(Br)cc1)C(=O)CN(c1cc(C)cc(C)c1)S(=O)(=O)c1ccccc1. The second-order valence-corrected chi connectivity index (χ2v) is 14.1. The maximum Gasteiger partial charge on any atom is 0.264 e. The second kappa shape index (κ2) is 15.4. The number of benzene rings is 4. The molecule has 45 heavy (non-hydrogen) atoms. The smallest absolute Gasteiger partial charge is 0.264 e. The highest BCUT2D eigenvalue weighted by atomic mass is 79.9. The van der Waals surface area contributed by atoms with Gasteiger partial charge in [0.25, 0.3) is 10.0 Å². The minimum Gasteiger partial charge on any atom is -0.352 e. The number of carbonyl (C=O) groups is 2. The molecule has 4 aromatic rings. The van der Waals surface area contributed by atoms with Crippen LogP contribution in [0.15, 0.2) is 112 Å². The molecule has 4 rings (SSSR count). The highest BCUT2D eigenvalue weighted by Crippen LogP contribution is 2.27. The van der Waals surface area contributed by atoms with Crippen LogP contribution in [0.2, 0.25) is 0 Å². The monoisotopic (exact) mass is 689 g/mol. The van der Waals surface area contributed by atoms with Gasteiger partial charge in [0, 0.05) is 23.5 Å². The number of amides is 2. The van der Waals surface area contributed by atoms with Crippen LogP contribution < -0.4 is 9.62 Å². The quantitative estimate of drug-likeness (QED) is 0.167. The number of carbonyl (C=O) groups excluding carboxylic acids is 2. The van der Waals surface area contributed by atoms with Crippen molar-refractivity contribution in [3.05, 3.63) is 130 Å². The number of anilines is 1. The van der Waals surface area contributed by atoms with Gasteiger partial charge in [-0.15, -0.1) is 0 Å². The van der Waals surface area contributed by atoms with Gasteiger partial charge in [-0.1, -0.05) is 89.6 Å². The van der Waals surface area contributed by atoms with E-state index in [-0.39, 0.29) is 29.8 Å². The molecule has 0 heterocycles. The third kappa shape index (κ3) is 9.05. The maximum absolute atomic E-state index is 14.6. The summed E-state index contributed by atoms with van der Waals surface area (Å²) in [4.78, 5) is 30.1. The summed E-state index contributed by atoms with van der Waals surface area (Å²) in [6, 6.07) is 29.7. The fourth-order valence-electron chi connectivity index (χ4n) is 5.12. The fourth-order valence-corrected chi connectivity index (χ4v) is 6.81. The third-order valence-electron chi connectivity index (χ3n) is 7.64. The van der Waals surface area contributed by atoms with Crippen LogP contribution in [0, 0.1) is 13.8 Å². The van der Waals surface area contributed by atoms with E-state index in [0.717, 1.165) is 37.5 Å². The predicted octanol–water partition coefficient (Wildman–Crippen LogP) is 6.82. The average molecular weight is 691 g/mol. The Labute approximate surface area is 275 Å². The molecule has 0 aliphatic rings. The third-order valence-corrected chi connectivity index (χ3v) is 9.96. The molecule has 2 amide bonds. The van der Waals surface area contributed by atoms with Crippen molar-refractivity contribution in [2.24, 2.45) is 0 Å². The molecule has 0 bridgehead atoms. The number of nitrogens with zero attached hydrogens (tertiary/aromatic N) is 2. The van der Waals surface area contributed by atoms with Crippen LogP contribution in [0.5, 0.6) is 0 Å². The van der Waals surface area contributed by atoms with Crippen molar-refractivity contribution in [1.29, 1.82) is 0 Å². The predicted molar refractivity (Wildman–Crippen MR) is 183 cm³/mol. The van der Waals surface area contributed by atoms with Crippen LogP contribution in [-0.4, -0.2) is 43.8 Å². The van der Waals surface area contributed by atoms with Gasteiger partial charge < -0.3 is 10.2 Å². The lowest BCUT2D eigenvalue weighted by Gasteiger charge is -2.34. The maximum atomic E-state index is 14.6. The normalized spacial score (nSPS) is 12.6. The molecule has 0 saturated carbocycles. The first-order valence-electron chi connectivity index (χ1n) is 15.0. The summed E-state index contributed by atoms with van der Waals surface area (Å²) in [5.74, 6) is -0.778. The molecular formula is C36H40BrN3O4S. The standard InChI is InChI=1S/C36H40BrN3O4S/c1-5-28(4)38-36(42)34(23-29-12-8-6-9-13-29)39(24-30-16-18-31(37)19-17-30)35(41)25-40(32-21-26(2)20-27(3)22-32)45(43,44)33-14-10-7-11-15-33/h6-22,28,34H,5,23-25H2,1-4H3,(H,38,42)/t28-,34+/m0/s1. The molecule has 4 aromatic carbocycles. The Balaban J connectivity index is 1.82. The lowest BCUT2D eigenvalue weighted by atomic mass is 10.0. The fraction of sp³-hybridized carbons (Fsp3) is 0.278. The minimum absolute atomic E-state index is 0.0757. The van der Waals surface area contributed by atoms with Crippen molar-refractivity contribution in [1.82, 2.24) is 10.2 Å². The van der Waals surface area contributed by atoms with Crippen molar-refractivity contribution >= 4 is 43.5 Å². The van der Waals surface area contributed by atoms with Crippen molar-refractivity contribution < 1.29 is 18.0 Å². The summed E-state index contributed by atoms with van der Waals surface area (Å²) in [6.45, 7) is 7.31. The Kier molecular flexibility index (Phi) is 11.6. The van der Waals surface area contributed by atoms with E-state index >= 15 is 0 Å². The van der Waals surface area contributed by atoms with Crippen LogP contribution in [0.3, 0.4) is 0 Å². The summed E-state index contributed by atoms with van der Waals surface area (Å²) in [5.41, 5.74) is 3.82. The van der Waals surface area contributed by atoms with E-state index in [0.29, 0.717) is 5.69 Å². The van der Waals surface area contributed by atoms with Gasteiger partial charge in [-0.05, 0) is 85.8 Å². The first kappa shape index (κ1) is 33.9. The van der Waals surface area contributed by atoms with E-state index in [1.165, 1.54) is 17.0 Å². The van der Waals surface area contributed by atoms with Gasteiger partial charge in [0.1, 0.15) is 12.6 Å². The zero-order valence-electron chi connectivity index (χ0n) is 26.1. The molecular weight excluding hydrogens is 650 g/mol. The van der Waals surface area contributed by atoms with E-state index in [1.807, 2.05) is 88.4 Å². The molecule has 0 fully saturated rings. The van der Waals surface area contributed by atoms with Crippen molar-refractivity contribution in [3.8, 4) is 0 Å². The largest absolute Gasteiger partial charge is 0.352 e. The van der Waals surface area contributed by atoms with Gasteiger partial charge in [-0.3, -0.25) is 13.9 Å². The van der Waals surface area contributed by atoms with E-state index in [9.17, 15) is 18.0 Å². The van der Waals surface area contributed by atoms with Gasteiger partial charge >= 0.3 is 0 Å². The second-order valence-electron chi connectivity index (χ2n) is 11.3. The van der Waals surface area contributed by atoms with Gasteiger partial charge in [-0.25, -0.2) is 8.42 Å². The topological polar surface area (TPSA) is 86.8 Å². The molecule has 0 aliphatic carbocycles. The minimum atomic E-state index is -4.14. The van der Waals surface area contributed by atoms with Crippen molar-refractivity contribution in [2.45, 2.75) is 64.1 Å². The number of nitrogens with one attached hydrogen (secondary N) is 1. The molecule has 0 aliphatic heterocycles. The summed E-state index contributed by atoms with van der Waals surface area (Å²) in [5, 5.41) is 3.06. The summed E-state index contributed by atoms with van der Waals surface area (Å²) < 4.78 is 30.4. The van der Waals surface area contributed by atoms with Gasteiger partial charge in [-0.2, -0.15) is 0 Å². The first-order chi connectivity index (χ1) is 21.5. The summed E-state index contributed by atoms with van der Waals surface area (Å²) >= 11 is 3.47. The highest BCUT2D eigenvalue weighted by molar-refractivity contribution is 9.10. The number of hydrogen-bond donors (Lipinski definition) is 1. The number of hydrogen-bond acceptors (Lipinski definition) is 4. The molecule has 0 aromatic heterocycles.